The normalized spacial score (nSPS) is 14.3. The van der Waals surface area contributed by atoms with Crippen LogP contribution < -0.4 is 10.6 Å². The van der Waals surface area contributed by atoms with E-state index >= 15 is 0 Å². The number of aromatic amines is 1. The molecule has 0 radical (unpaired) electrons. The number of nitrogens with one attached hydrogen (secondary N) is 3. The van der Waals surface area contributed by atoms with Crippen LogP contribution in [0.3, 0.4) is 0 Å². The number of carbonyl (C=O) groups is 2. The Morgan fingerprint density at radius 1 is 0.923 bits per heavy atom. The molecule has 0 unspecified atom stereocenters. The lowest BCUT2D eigenvalue weighted by molar-refractivity contribution is 0.0932. The SMILES string of the molecule is Cc1c(F)c(F)c(I)c(C(=O)Nc2ccc(-c3nc4ccc(C(=O)NC5CCCCCC5)cc4[nH]3)cc2)c1F. The van der Waals surface area contributed by atoms with E-state index in [1.54, 1.807) is 42.5 Å². The monoisotopic (exact) mass is 646 g/mol. The van der Waals surface area contributed by atoms with Gasteiger partial charge in [0.2, 0.25) is 0 Å². The molecule has 0 bridgehead atoms. The Morgan fingerprint density at radius 3 is 2.31 bits per heavy atom. The average Bonchev–Trinajstić information content (AvgIpc) is 3.19. The van der Waals surface area contributed by atoms with Crippen molar-refractivity contribution in [1.82, 2.24) is 15.3 Å². The minimum Gasteiger partial charge on any atom is -0.349 e. The Morgan fingerprint density at radius 2 is 1.62 bits per heavy atom. The lowest BCUT2D eigenvalue weighted by Gasteiger charge is -2.16. The highest BCUT2D eigenvalue weighted by atomic mass is 127. The van der Waals surface area contributed by atoms with Gasteiger partial charge in [0.05, 0.1) is 20.2 Å². The summed E-state index contributed by atoms with van der Waals surface area (Å²) in [7, 11) is 0. The predicted octanol–water partition coefficient (Wildman–Crippen LogP) is 7.27. The van der Waals surface area contributed by atoms with Crippen LogP contribution in [0, 0.1) is 27.9 Å². The quantitative estimate of drug-likeness (QED) is 0.0924. The fraction of sp³-hybridized carbons (Fsp3) is 0.276. The van der Waals surface area contributed by atoms with Crippen molar-refractivity contribution in [3.63, 3.8) is 0 Å². The number of aromatic nitrogens is 2. The van der Waals surface area contributed by atoms with Crippen LogP contribution in [0.1, 0.15) is 64.8 Å². The smallest absolute Gasteiger partial charge is 0.259 e. The molecule has 0 spiro atoms. The first-order chi connectivity index (χ1) is 18.7. The maximum Gasteiger partial charge on any atom is 0.259 e. The standard InChI is InChI=1S/C29H26F3IN4O2/c1-15-23(30)22(26(33)25(32)24(15)31)29(39)35-19-11-8-16(9-12-19)27-36-20-13-10-17(14-21(20)37-27)28(38)34-18-6-4-2-3-5-7-18/h8-14,18H,2-7H2,1H3,(H,34,38)(H,35,39)(H,36,37). The molecule has 10 heteroatoms. The first kappa shape index (κ1) is 27.2. The van der Waals surface area contributed by atoms with Gasteiger partial charge in [-0.05, 0) is 84.8 Å². The van der Waals surface area contributed by atoms with Crippen molar-refractivity contribution in [2.75, 3.05) is 5.32 Å². The molecule has 1 saturated carbocycles. The molecule has 202 valence electrons. The fourth-order valence-corrected chi connectivity index (χ4v) is 5.55. The van der Waals surface area contributed by atoms with Gasteiger partial charge in [0.15, 0.2) is 11.6 Å². The fourth-order valence-electron chi connectivity index (χ4n) is 4.84. The second-order valence-electron chi connectivity index (χ2n) is 9.77. The number of halogens is 4. The average molecular weight is 646 g/mol. The molecule has 0 saturated heterocycles. The number of rotatable bonds is 5. The minimum atomic E-state index is -1.31. The number of H-pyrrole nitrogens is 1. The zero-order valence-corrected chi connectivity index (χ0v) is 23.3. The first-order valence-electron chi connectivity index (χ1n) is 12.8. The summed E-state index contributed by atoms with van der Waals surface area (Å²) in [6.07, 6.45) is 6.72. The maximum absolute atomic E-state index is 14.5. The molecule has 6 nitrogen and oxygen atoms in total. The van der Waals surface area contributed by atoms with Crippen molar-refractivity contribution in [3.05, 3.63) is 80.2 Å². The Bertz CT molecular complexity index is 1530. The van der Waals surface area contributed by atoms with E-state index in [9.17, 15) is 22.8 Å². The van der Waals surface area contributed by atoms with E-state index in [0.717, 1.165) is 43.7 Å². The lowest BCUT2D eigenvalue weighted by atomic mass is 10.1. The van der Waals surface area contributed by atoms with Crippen LogP contribution in [0.2, 0.25) is 0 Å². The Hall–Kier alpha value is -3.41. The molecule has 1 fully saturated rings. The molecule has 0 aliphatic heterocycles. The Labute approximate surface area is 236 Å². The third-order valence-electron chi connectivity index (χ3n) is 7.06. The van der Waals surface area contributed by atoms with Crippen molar-refractivity contribution in [1.29, 1.82) is 0 Å². The van der Waals surface area contributed by atoms with Crippen LogP contribution in [0.25, 0.3) is 22.4 Å². The van der Waals surface area contributed by atoms with Crippen molar-refractivity contribution < 1.29 is 22.8 Å². The lowest BCUT2D eigenvalue weighted by Crippen LogP contribution is -2.34. The van der Waals surface area contributed by atoms with Gasteiger partial charge < -0.3 is 15.6 Å². The number of nitrogens with zero attached hydrogens (tertiary/aromatic N) is 1. The molecule has 4 aromatic rings. The van der Waals surface area contributed by atoms with Gasteiger partial charge in [0, 0.05) is 28.4 Å². The van der Waals surface area contributed by atoms with E-state index in [0.29, 0.717) is 22.6 Å². The number of benzene rings is 3. The van der Waals surface area contributed by atoms with E-state index in [4.69, 9.17) is 0 Å². The number of amides is 2. The van der Waals surface area contributed by atoms with Crippen molar-refractivity contribution in [3.8, 4) is 11.4 Å². The van der Waals surface area contributed by atoms with Gasteiger partial charge in [0.1, 0.15) is 11.6 Å². The maximum atomic E-state index is 14.5. The van der Waals surface area contributed by atoms with Gasteiger partial charge in [-0.2, -0.15) is 0 Å². The second kappa shape index (κ2) is 11.4. The molecule has 5 rings (SSSR count). The summed E-state index contributed by atoms with van der Waals surface area (Å²) in [5.74, 6) is -4.08. The number of hydrogen-bond donors (Lipinski definition) is 3. The van der Waals surface area contributed by atoms with Gasteiger partial charge in [-0.3, -0.25) is 9.59 Å². The molecule has 0 atom stereocenters. The van der Waals surface area contributed by atoms with Crippen LogP contribution in [0.15, 0.2) is 42.5 Å². The molecule has 1 heterocycles. The highest BCUT2D eigenvalue weighted by molar-refractivity contribution is 14.1. The summed E-state index contributed by atoms with van der Waals surface area (Å²) in [4.78, 5) is 33.3. The van der Waals surface area contributed by atoms with Crippen LogP contribution in [-0.2, 0) is 0 Å². The summed E-state index contributed by atoms with van der Waals surface area (Å²) in [5, 5.41) is 5.68. The van der Waals surface area contributed by atoms with E-state index in [2.05, 4.69) is 20.6 Å². The predicted molar refractivity (Wildman–Crippen MR) is 152 cm³/mol. The van der Waals surface area contributed by atoms with Gasteiger partial charge in [0.25, 0.3) is 11.8 Å². The number of imidazole rings is 1. The summed E-state index contributed by atoms with van der Waals surface area (Å²) in [6, 6.07) is 12.2. The Kier molecular flexibility index (Phi) is 7.92. The third kappa shape index (κ3) is 5.66. The third-order valence-corrected chi connectivity index (χ3v) is 8.07. The van der Waals surface area contributed by atoms with Crippen molar-refractivity contribution in [2.45, 2.75) is 51.5 Å². The molecular formula is C29H26F3IN4O2. The van der Waals surface area contributed by atoms with Gasteiger partial charge in [-0.25, -0.2) is 18.2 Å². The molecule has 1 aliphatic carbocycles. The first-order valence-corrected chi connectivity index (χ1v) is 13.9. The molecule has 1 aliphatic rings. The number of carbonyl (C=O) groups excluding carboxylic acids is 2. The van der Waals surface area contributed by atoms with E-state index in [1.165, 1.54) is 35.4 Å². The number of hydrogen-bond acceptors (Lipinski definition) is 3. The summed E-state index contributed by atoms with van der Waals surface area (Å²) in [5.41, 5.74) is 1.94. The van der Waals surface area contributed by atoms with Gasteiger partial charge >= 0.3 is 0 Å². The van der Waals surface area contributed by atoms with E-state index < -0.39 is 38.1 Å². The zero-order valence-electron chi connectivity index (χ0n) is 21.1. The molecule has 2 amide bonds. The van der Waals surface area contributed by atoms with Gasteiger partial charge in [-0.1, -0.05) is 25.7 Å². The molecule has 3 aromatic carbocycles. The van der Waals surface area contributed by atoms with Crippen molar-refractivity contribution in [2.24, 2.45) is 0 Å². The minimum absolute atomic E-state index is 0.0950. The van der Waals surface area contributed by atoms with Crippen LogP contribution in [-0.4, -0.2) is 27.8 Å². The number of fused-ring (bicyclic) bond motifs is 1. The highest BCUT2D eigenvalue weighted by Crippen LogP contribution is 2.28. The molecule has 3 N–H and O–H groups in total. The van der Waals surface area contributed by atoms with E-state index in [1.807, 2.05) is 0 Å². The van der Waals surface area contributed by atoms with Gasteiger partial charge in [-0.15, -0.1) is 0 Å². The second-order valence-corrected chi connectivity index (χ2v) is 10.8. The topological polar surface area (TPSA) is 86.9 Å². The van der Waals surface area contributed by atoms with Crippen LogP contribution in [0.4, 0.5) is 18.9 Å². The van der Waals surface area contributed by atoms with Crippen LogP contribution >= 0.6 is 22.6 Å². The highest BCUT2D eigenvalue weighted by Gasteiger charge is 2.26. The number of anilines is 1. The largest absolute Gasteiger partial charge is 0.349 e. The zero-order chi connectivity index (χ0) is 27.7. The summed E-state index contributed by atoms with van der Waals surface area (Å²) < 4.78 is 42.0. The van der Waals surface area contributed by atoms with Crippen LogP contribution in [0.5, 0.6) is 0 Å². The Balaban J connectivity index is 1.31. The molecule has 1 aromatic heterocycles. The summed E-state index contributed by atoms with van der Waals surface area (Å²) in [6.45, 7) is 1.08. The van der Waals surface area contributed by atoms with Crippen molar-refractivity contribution >= 4 is 51.1 Å². The van der Waals surface area contributed by atoms with E-state index in [-0.39, 0.29) is 11.9 Å². The summed E-state index contributed by atoms with van der Waals surface area (Å²) >= 11 is 1.42. The molecule has 39 heavy (non-hydrogen) atoms. The molecular weight excluding hydrogens is 620 g/mol.